The summed E-state index contributed by atoms with van der Waals surface area (Å²) < 4.78 is 23.6. The van der Waals surface area contributed by atoms with Crippen LogP contribution in [-0.2, 0) is 0 Å². The molecule has 3 aromatic heterocycles. The normalized spacial score (nSPS) is 13.8. The largest absolute Gasteiger partial charge is 0.413 e. The zero-order valence-electron chi connectivity index (χ0n) is 15.0. The van der Waals surface area contributed by atoms with E-state index in [4.69, 9.17) is 9.26 Å². The molecule has 28 heavy (non-hydrogen) atoms. The van der Waals surface area contributed by atoms with Gasteiger partial charge in [-0.05, 0) is 50.0 Å². The van der Waals surface area contributed by atoms with Crippen molar-refractivity contribution in [3.05, 3.63) is 46.7 Å². The van der Waals surface area contributed by atoms with Gasteiger partial charge in [0, 0.05) is 12.1 Å². The number of aryl methyl sites for hydroxylation is 1. The number of nitrogens with zero attached hydrogens (tertiary/aromatic N) is 3. The van der Waals surface area contributed by atoms with Gasteiger partial charge in [0.2, 0.25) is 5.06 Å². The number of thiazole rings is 1. The Morgan fingerprint density at radius 2 is 2.21 bits per heavy atom. The minimum Gasteiger partial charge on any atom is -0.397 e. The smallest absolute Gasteiger partial charge is 0.397 e. The molecule has 144 valence electrons. The maximum atomic E-state index is 13.1. The van der Waals surface area contributed by atoms with E-state index in [2.05, 4.69) is 20.4 Å². The summed E-state index contributed by atoms with van der Waals surface area (Å²) in [5.41, 5.74) is 1.74. The highest BCUT2D eigenvalue weighted by atomic mass is 32.1. The molecule has 1 aliphatic carbocycles. The van der Waals surface area contributed by atoms with Crippen LogP contribution in [0.15, 0.2) is 29.0 Å². The maximum absolute atomic E-state index is 13.1. The third kappa shape index (κ3) is 4.42. The molecule has 3 aromatic rings. The molecule has 1 N–H and O–H groups in total. The van der Waals surface area contributed by atoms with Crippen molar-refractivity contribution in [3.63, 3.8) is 0 Å². The topological polar surface area (TPSA) is 90.1 Å². The fourth-order valence-corrected chi connectivity index (χ4v) is 3.17. The molecular formula is C19H17FN4O3S. The van der Waals surface area contributed by atoms with Crippen molar-refractivity contribution < 1.29 is 18.4 Å². The number of ether oxygens (including phenoxy) is 1. The van der Waals surface area contributed by atoms with Crippen molar-refractivity contribution in [3.8, 4) is 16.5 Å². The van der Waals surface area contributed by atoms with Crippen molar-refractivity contribution in [2.45, 2.75) is 19.8 Å². The lowest BCUT2D eigenvalue weighted by molar-refractivity contribution is 0.201. The fraction of sp³-hybridized carbons (Fsp3) is 0.263. The Balaban J connectivity index is 1.44. The maximum Gasteiger partial charge on any atom is 0.413 e. The van der Waals surface area contributed by atoms with Crippen molar-refractivity contribution in [2.24, 2.45) is 5.92 Å². The molecular weight excluding hydrogens is 383 g/mol. The van der Waals surface area contributed by atoms with Crippen LogP contribution in [0.3, 0.4) is 0 Å². The van der Waals surface area contributed by atoms with Gasteiger partial charge in [-0.3, -0.25) is 4.98 Å². The molecule has 1 fully saturated rings. The summed E-state index contributed by atoms with van der Waals surface area (Å²) in [4.78, 5) is 20.0. The first-order valence-corrected chi connectivity index (χ1v) is 9.58. The van der Waals surface area contributed by atoms with Gasteiger partial charge in [-0.25, -0.2) is 14.2 Å². The quantitative estimate of drug-likeness (QED) is 0.663. The lowest BCUT2D eigenvalue weighted by atomic mass is 10.1. The summed E-state index contributed by atoms with van der Waals surface area (Å²) in [5.74, 6) is 0.770. The summed E-state index contributed by atoms with van der Waals surface area (Å²) in [5, 5.41) is 7.81. The lowest BCUT2D eigenvalue weighted by Gasteiger charge is -2.02. The predicted octanol–water partition coefficient (Wildman–Crippen LogP) is 4.31. The van der Waals surface area contributed by atoms with E-state index in [0.29, 0.717) is 39.7 Å². The van der Waals surface area contributed by atoms with Crippen LogP contribution >= 0.6 is 11.3 Å². The standard InChI is InChI=1S/C19H17FN4O3S/c1-11-14(18(24-27-11)15-6-4-13(20)9-21-15)5-7-16-22-10-17(28-16)26-19(25)23-8-12-2-3-12/h4-7,9-10,12H,2-3,8H2,1H3,(H,23,25)/b7-5+. The zero-order valence-corrected chi connectivity index (χ0v) is 15.8. The molecule has 1 amide bonds. The second kappa shape index (κ2) is 7.89. The molecule has 0 aromatic carbocycles. The van der Waals surface area contributed by atoms with Crippen LogP contribution in [0.2, 0.25) is 0 Å². The molecule has 1 saturated carbocycles. The molecule has 0 aliphatic heterocycles. The summed E-state index contributed by atoms with van der Waals surface area (Å²) >= 11 is 1.25. The van der Waals surface area contributed by atoms with Crippen molar-refractivity contribution >= 4 is 29.6 Å². The number of halogens is 1. The first-order chi connectivity index (χ1) is 13.6. The molecule has 3 heterocycles. The van der Waals surface area contributed by atoms with Gasteiger partial charge in [0.15, 0.2) is 0 Å². The number of carbonyl (C=O) groups excluding carboxylic acids is 1. The van der Waals surface area contributed by atoms with Gasteiger partial charge in [-0.1, -0.05) is 16.5 Å². The fourth-order valence-electron chi connectivity index (χ4n) is 2.50. The third-order valence-electron chi connectivity index (χ3n) is 4.20. The number of aromatic nitrogens is 3. The van der Waals surface area contributed by atoms with Gasteiger partial charge in [0.25, 0.3) is 0 Å². The molecule has 1 aliphatic rings. The molecule has 0 atom stereocenters. The van der Waals surface area contributed by atoms with Crippen molar-refractivity contribution in [1.29, 1.82) is 0 Å². The average molecular weight is 400 g/mol. The number of hydrogen-bond donors (Lipinski definition) is 1. The van der Waals surface area contributed by atoms with Crippen LogP contribution in [-0.4, -0.2) is 27.8 Å². The minimum atomic E-state index is -0.467. The Kier molecular flexibility index (Phi) is 5.16. The molecule has 0 saturated heterocycles. The van der Waals surface area contributed by atoms with E-state index < -0.39 is 11.9 Å². The Hall–Kier alpha value is -3.07. The molecule has 4 rings (SSSR count). The molecule has 0 spiro atoms. The van der Waals surface area contributed by atoms with Gasteiger partial charge < -0.3 is 14.6 Å². The Morgan fingerprint density at radius 1 is 1.36 bits per heavy atom. The zero-order chi connectivity index (χ0) is 19.5. The van der Waals surface area contributed by atoms with Gasteiger partial charge in [-0.15, -0.1) is 0 Å². The highest BCUT2D eigenvalue weighted by Gasteiger charge is 2.22. The molecule has 0 bridgehead atoms. The summed E-state index contributed by atoms with van der Waals surface area (Å²) in [6.07, 6.45) is 8.05. The van der Waals surface area contributed by atoms with Crippen LogP contribution in [0.4, 0.5) is 9.18 Å². The number of rotatable bonds is 6. The first kappa shape index (κ1) is 18.3. The number of pyridine rings is 1. The first-order valence-electron chi connectivity index (χ1n) is 8.76. The highest BCUT2D eigenvalue weighted by molar-refractivity contribution is 7.14. The lowest BCUT2D eigenvalue weighted by Crippen LogP contribution is -2.28. The minimum absolute atomic E-state index is 0.412. The van der Waals surface area contributed by atoms with Crippen LogP contribution < -0.4 is 10.1 Å². The van der Waals surface area contributed by atoms with Gasteiger partial charge in [-0.2, -0.15) is 0 Å². The number of amides is 1. The van der Waals surface area contributed by atoms with E-state index in [9.17, 15) is 9.18 Å². The summed E-state index contributed by atoms with van der Waals surface area (Å²) in [6, 6.07) is 2.86. The van der Waals surface area contributed by atoms with Crippen molar-refractivity contribution in [2.75, 3.05) is 6.54 Å². The number of hydrogen-bond acceptors (Lipinski definition) is 7. The van der Waals surface area contributed by atoms with Crippen LogP contribution in [0.25, 0.3) is 23.5 Å². The molecule has 0 radical (unpaired) electrons. The van der Waals surface area contributed by atoms with Crippen LogP contribution in [0.1, 0.15) is 29.2 Å². The van der Waals surface area contributed by atoms with Crippen LogP contribution in [0.5, 0.6) is 5.06 Å². The van der Waals surface area contributed by atoms with E-state index in [1.54, 1.807) is 25.1 Å². The average Bonchev–Trinajstić information content (AvgIpc) is 3.30. The second-order valence-corrected chi connectivity index (χ2v) is 7.45. The number of carbonyl (C=O) groups is 1. The summed E-state index contributed by atoms with van der Waals surface area (Å²) in [7, 11) is 0. The van der Waals surface area contributed by atoms with Gasteiger partial charge >= 0.3 is 6.09 Å². The highest BCUT2D eigenvalue weighted by Crippen LogP contribution is 2.29. The van der Waals surface area contributed by atoms with Gasteiger partial charge in [0.1, 0.15) is 22.3 Å². The number of nitrogens with one attached hydrogen (secondary N) is 1. The second-order valence-electron chi connectivity index (χ2n) is 6.43. The van der Waals surface area contributed by atoms with E-state index in [-0.39, 0.29) is 0 Å². The Labute approximate surface area is 164 Å². The van der Waals surface area contributed by atoms with Gasteiger partial charge in [0.05, 0.1) is 18.1 Å². The van der Waals surface area contributed by atoms with Crippen molar-refractivity contribution in [1.82, 2.24) is 20.4 Å². The summed E-state index contributed by atoms with van der Waals surface area (Å²) in [6.45, 7) is 2.43. The molecule has 0 unspecified atom stereocenters. The van der Waals surface area contributed by atoms with Crippen LogP contribution in [0, 0.1) is 18.7 Å². The molecule has 7 nitrogen and oxygen atoms in total. The molecule has 9 heteroatoms. The Bertz CT molecular complexity index is 1010. The van der Waals surface area contributed by atoms with E-state index in [1.807, 2.05) is 0 Å². The van der Waals surface area contributed by atoms with E-state index in [1.165, 1.54) is 23.6 Å². The third-order valence-corrected chi connectivity index (χ3v) is 5.04. The Morgan fingerprint density at radius 3 is 2.96 bits per heavy atom. The monoisotopic (exact) mass is 400 g/mol. The SMILES string of the molecule is Cc1onc(-c2ccc(F)cn2)c1/C=C/c1ncc(OC(=O)NCC2CC2)s1. The predicted molar refractivity (Wildman–Crippen MR) is 102 cm³/mol. The van der Waals surface area contributed by atoms with E-state index >= 15 is 0 Å². The van der Waals surface area contributed by atoms with E-state index in [0.717, 1.165) is 24.6 Å².